The first kappa shape index (κ1) is 17.6. The first-order valence-electron chi connectivity index (χ1n) is 8.48. The predicted molar refractivity (Wildman–Crippen MR) is 105 cm³/mol. The van der Waals surface area contributed by atoms with E-state index in [9.17, 15) is 4.79 Å². The summed E-state index contributed by atoms with van der Waals surface area (Å²) in [6.07, 6.45) is 0. The number of carbonyl (C=O) groups is 1. The van der Waals surface area contributed by atoms with Crippen molar-refractivity contribution < 1.29 is 4.79 Å². The molecule has 0 unspecified atom stereocenters. The van der Waals surface area contributed by atoms with Crippen molar-refractivity contribution in [2.24, 2.45) is 0 Å². The van der Waals surface area contributed by atoms with Gasteiger partial charge in [0.2, 0.25) is 0 Å². The summed E-state index contributed by atoms with van der Waals surface area (Å²) in [4.78, 5) is 21.2. The van der Waals surface area contributed by atoms with Crippen molar-refractivity contribution in [1.82, 2.24) is 9.97 Å². The molecule has 0 atom stereocenters. The van der Waals surface area contributed by atoms with Crippen molar-refractivity contribution in [3.8, 4) is 0 Å². The smallest absolute Gasteiger partial charge is 0.274 e. The number of hydrogen-bond donors (Lipinski definition) is 2. The third-order valence-electron chi connectivity index (χ3n) is 3.87. The number of amides is 1. The Bertz CT molecular complexity index is 928. The van der Waals surface area contributed by atoms with Crippen LogP contribution >= 0.6 is 0 Å². The summed E-state index contributed by atoms with van der Waals surface area (Å²) in [6, 6.07) is 15.6. The van der Waals surface area contributed by atoms with Gasteiger partial charge in [-0.15, -0.1) is 0 Å². The van der Waals surface area contributed by atoms with Crippen molar-refractivity contribution in [2.75, 3.05) is 10.6 Å². The Kier molecular flexibility index (Phi) is 4.98. The molecule has 132 valence electrons. The molecule has 0 spiro atoms. The molecule has 0 aliphatic heterocycles. The number of aryl methyl sites for hydroxylation is 4. The van der Waals surface area contributed by atoms with Gasteiger partial charge < -0.3 is 10.6 Å². The van der Waals surface area contributed by atoms with E-state index in [1.807, 2.05) is 57.2 Å². The van der Waals surface area contributed by atoms with E-state index >= 15 is 0 Å². The van der Waals surface area contributed by atoms with Crippen molar-refractivity contribution in [3.63, 3.8) is 0 Å². The molecular formula is C21H22N4O. The highest BCUT2D eigenvalue weighted by Gasteiger charge is 2.11. The molecule has 0 aliphatic rings. The minimum absolute atomic E-state index is 0.257. The molecule has 0 aliphatic carbocycles. The Labute approximate surface area is 153 Å². The Hall–Kier alpha value is -3.21. The molecule has 0 saturated heterocycles. The average Bonchev–Trinajstić information content (AvgIpc) is 2.55. The highest BCUT2D eigenvalue weighted by molar-refractivity contribution is 6.03. The van der Waals surface area contributed by atoms with Crippen LogP contribution in [0.2, 0.25) is 0 Å². The average molecular weight is 346 g/mol. The molecule has 5 nitrogen and oxygen atoms in total. The maximum atomic E-state index is 12.6. The summed E-state index contributed by atoms with van der Waals surface area (Å²) in [5, 5.41) is 6.13. The molecule has 26 heavy (non-hydrogen) atoms. The predicted octanol–water partition coefficient (Wildman–Crippen LogP) is 4.71. The largest absolute Gasteiger partial charge is 0.340 e. The number of hydrogen-bond acceptors (Lipinski definition) is 4. The maximum absolute atomic E-state index is 12.6. The SMILES string of the molecule is Cc1ccc(Nc2cc(C(=O)Nc3cc(C)cc(C)c3)nc(C)n2)cc1. The summed E-state index contributed by atoms with van der Waals surface area (Å²) in [6.45, 7) is 7.81. The van der Waals surface area contributed by atoms with E-state index in [0.717, 1.165) is 22.5 Å². The second-order valence-electron chi connectivity index (χ2n) is 6.51. The first-order chi connectivity index (χ1) is 12.4. The van der Waals surface area contributed by atoms with Crippen LogP contribution < -0.4 is 10.6 Å². The van der Waals surface area contributed by atoms with E-state index in [0.29, 0.717) is 17.3 Å². The van der Waals surface area contributed by atoms with Crippen LogP contribution in [-0.4, -0.2) is 15.9 Å². The minimum atomic E-state index is -0.257. The van der Waals surface area contributed by atoms with Gasteiger partial charge in [0.15, 0.2) is 0 Å². The molecule has 1 amide bonds. The molecule has 0 fully saturated rings. The zero-order chi connectivity index (χ0) is 18.7. The van der Waals surface area contributed by atoms with Crippen LogP contribution in [0.25, 0.3) is 0 Å². The highest BCUT2D eigenvalue weighted by Crippen LogP contribution is 2.18. The van der Waals surface area contributed by atoms with Crippen LogP contribution in [0.3, 0.4) is 0 Å². The van der Waals surface area contributed by atoms with E-state index in [4.69, 9.17) is 0 Å². The summed E-state index contributed by atoms with van der Waals surface area (Å²) < 4.78 is 0. The van der Waals surface area contributed by atoms with E-state index in [-0.39, 0.29) is 5.91 Å². The number of nitrogens with one attached hydrogen (secondary N) is 2. The lowest BCUT2D eigenvalue weighted by Gasteiger charge is -2.10. The molecule has 3 rings (SSSR count). The zero-order valence-corrected chi connectivity index (χ0v) is 15.4. The number of anilines is 3. The molecule has 0 saturated carbocycles. The monoisotopic (exact) mass is 346 g/mol. The lowest BCUT2D eigenvalue weighted by molar-refractivity contribution is 0.102. The van der Waals surface area contributed by atoms with Gasteiger partial charge in [-0.2, -0.15) is 0 Å². The summed E-state index contributed by atoms with van der Waals surface area (Å²) in [5.41, 5.74) is 5.38. The maximum Gasteiger partial charge on any atom is 0.274 e. The molecule has 5 heteroatoms. The van der Waals surface area contributed by atoms with Gasteiger partial charge in [-0.05, 0) is 63.1 Å². The summed E-state index contributed by atoms with van der Waals surface area (Å²) in [7, 11) is 0. The normalized spacial score (nSPS) is 10.5. The van der Waals surface area contributed by atoms with Gasteiger partial charge in [-0.3, -0.25) is 4.79 Å². The van der Waals surface area contributed by atoms with Gasteiger partial charge in [-0.1, -0.05) is 23.8 Å². The van der Waals surface area contributed by atoms with E-state index < -0.39 is 0 Å². The Morgan fingerprint density at radius 2 is 1.42 bits per heavy atom. The van der Waals surface area contributed by atoms with Gasteiger partial charge in [0.05, 0.1) is 0 Å². The fourth-order valence-electron chi connectivity index (χ4n) is 2.77. The minimum Gasteiger partial charge on any atom is -0.340 e. The highest BCUT2D eigenvalue weighted by atomic mass is 16.1. The second-order valence-corrected chi connectivity index (χ2v) is 6.51. The van der Waals surface area contributed by atoms with Gasteiger partial charge in [-0.25, -0.2) is 9.97 Å². The molecule has 1 aromatic heterocycles. The Morgan fingerprint density at radius 3 is 2.08 bits per heavy atom. The fourth-order valence-corrected chi connectivity index (χ4v) is 2.77. The van der Waals surface area contributed by atoms with Crippen LogP contribution in [0.1, 0.15) is 33.0 Å². The number of aromatic nitrogens is 2. The molecule has 2 N–H and O–H groups in total. The van der Waals surface area contributed by atoms with Gasteiger partial charge >= 0.3 is 0 Å². The quantitative estimate of drug-likeness (QED) is 0.718. The van der Waals surface area contributed by atoms with Crippen LogP contribution in [-0.2, 0) is 0 Å². The van der Waals surface area contributed by atoms with E-state index in [2.05, 4.69) is 26.7 Å². The standard InChI is InChI=1S/C21H22N4O/c1-13-5-7-17(8-6-13)24-20-12-19(22-16(4)23-20)21(26)25-18-10-14(2)9-15(3)11-18/h5-12H,1-4H3,(H,25,26)(H,22,23,24). The van der Waals surface area contributed by atoms with Crippen molar-refractivity contribution in [2.45, 2.75) is 27.7 Å². The number of benzene rings is 2. The Balaban J connectivity index is 1.82. The number of carbonyl (C=O) groups excluding carboxylic acids is 1. The van der Waals surface area contributed by atoms with Crippen molar-refractivity contribution in [1.29, 1.82) is 0 Å². The number of rotatable bonds is 4. The third-order valence-corrected chi connectivity index (χ3v) is 3.87. The molecular weight excluding hydrogens is 324 g/mol. The molecule has 1 heterocycles. The Morgan fingerprint density at radius 1 is 0.769 bits per heavy atom. The fraction of sp³-hybridized carbons (Fsp3) is 0.190. The zero-order valence-electron chi connectivity index (χ0n) is 15.4. The number of nitrogens with zero attached hydrogens (tertiary/aromatic N) is 2. The molecule has 2 aromatic carbocycles. The van der Waals surface area contributed by atoms with Crippen LogP contribution in [0.4, 0.5) is 17.2 Å². The van der Waals surface area contributed by atoms with Gasteiger partial charge in [0.1, 0.15) is 17.3 Å². The molecule has 0 radical (unpaired) electrons. The van der Waals surface area contributed by atoms with Crippen molar-refractivity contribution >= 4 is 23.1 Å². The van der Waals surface area contributed by atoms with E-state index in [1.54, 1.807) is 13.0 Å². The van der Waals surface area contributed by atoms with Gasteiger partial charge in [0, 0.05) is 17.4 Å². The van der Waals surface area contributed by atoms with Crippen molar-refractivity contribution in [3.05, 3.63) is 76.7 Å². The van der Waals surface area contributed by atoms with Crippen LogP contribution in [0, 0.1) is 27.7 Å². The second kappa shape index (κ2) is 7.35. The van der Waals surface area contributed by atoms with Crippen LogP contribution in [0.5, 0.6) is 0 Å². The topological polar surface area (TPSA) is 66.9 Å². The van der Waals surface area contributed by atoms with Gasteiger partial charge in [0.25, 0.3) is 5.91 Å². The van der Waals surface area contributed by atoms with E-state index in [1.165, 1.54) is 5.56 Å². The molecule has 3 aromatic rings. The third kappa shape index (κ3) is 4.45. The lowest BCUT2D eigenvalue weighted by atomic mass is 10.1. The molecule has 0 bridgehead atoms. The first-order valence-corrected chi connectivity index (χ1v) is 8.48. The summed E-state index contributed by atoms with van der Waals surface area (Å²) >= 11 is 0. The van der Waals surface area contributed by atoms with Crippen LogP contribution in [0.15, 0.2) is 48.5 Å². The lowest BCUT2D eigenvalue weighted by Crippen LogP contribution is -2.15. The summed E-state index contributed by atoms with van der Waals surface area (Å²) in [5.74, 6) is 0.868.